The third-order valence-corrected chi connectivity index (χ3v) is 4.52. The molecule has 2 saturated heterocycles. The second kappa shape index (κ2) is 10.6. The van der Waals surface area contributed by atoms with Crippen LogP contribution in [0.25, 0.3) is 0 Å². The largest absolute Gasteiger partial charge is 0.314 e. The number of piperidine rings is 2. The fourth-order valence-corrected chi connectivity index (χ4v) is 3.51. The number of nitrogens with one attached hydrogen (secondary N) is 2. The molecule has 0 amide bonds. The van der Waals surface area contributed by atoms with E-state index in [9.17, 15) is 0 Å². The first-order chi connectivity index (χ1) is 9.61. The van der Waals surface area contributed by atoms with Gasteiger partial charge in [0.05, 0.1) is 0 Å². The van der Waals surface area contributed by atoms with E-state index < -0.39 is 0 Å². The zero-order valence-corrected chi connectivity index (χ0v) is 14.4. The molecule has 2 heterocycles. The summed E-state index contributed by atoms with van der Waals surface area (Å²) in [7, 11) is 0. The van der Waals surface area contributed by atoms with Crippen molar-refractivity contribution in [2.45, 2.75) is 104 Å². The highest BCUT2D eigenvalue weighted by Gasteiger charge is 2.15. The molecule has 2 N–H and O–H groups in total. The molecule has 0 aliphatic carbocycles. The van der Waals surface area contributed by atoms with Gasteiger partial charge in [0.2, 0.25) is 0 Å². The fourth-order valence-electron chi connectivity index (χ4n) is 3.51. The molecule has 0 bridgehead atoms. The Morgan fingerprint density at radius 3 is 2.30 bits per heavy atom. The van der Waals surface area contributed by atoms with Crippen LogP contribution in [-0.2, 0) is 0 Å². The van der Waals surface area contributed by atoms with Crippen molar-refractivity contribution in [3.05, 3.63) is 0 Å². The molecule has 2 nitrogen and oxygen atoms in total. The first-order valence-corrected chi connectivity index (χ1v) is 9.11. The van der Waals surface area contributed by atoms with Crippen LogP contribution < -0.4 is 10.6 Å². The molecule has 2 rings (SSSR count). The van der Waals surface area contributed by atoms with Gasteiger partial charge in [-0.25, -0.2) is 0 Å². The molecule has 0 saturated carbocycles. The maximum atomic E-state index is 3.62. The Kier molecular flexibility index (Phi) is 9.54. The Balaban J connectivity index is 0.000000200. The normalized spacial score (nSPS) is 30.8. The molecule has 0 aromatic carbocycles. The minimum Gasteiger partial charge on any atom is -0.314 e. The molecule has 2 heteroatoms. The number of hydrogen-bond acceptors (Lipinski definition) is 2. The van der Waals surface area contributed by atoms with E-state index in [-0.39, 0.29) is 0 Å². The zero-order valence-electron chi connectivity index (χ0n) is 14.4. The predicted octanol–water partition coefficient (Wildman–Crippen LogP) is 4.49. The number of rotatable bonds is 4. The highest BCUT2D eigenvalue weighted by molar-refractivity contribution is 4.76. The van der Waals surface area contributed by atoms with Gasteiger partial charge in [-0.3, -0.25) is 0 Å². The maximum absolute atomic E-state index is 3.62. The summed E-state index contributed by atoms with van der Waals surface area (Å²) < 4.78 is 0. The average molecular weight is 283 g/mol. The zero-order chi connectivity index (χ0) is 14.8. The lowest BCUT2D eigenvalue weighted by atomic mass is 9.96. The molecule has 120 valence electrons. The van der Waals surface area contributed by atoms with Gasteiger partial charge in [0, 0.05) is 18.1 Å². The molecule has 2 fully saturated rings. The quantitative estimate of drug-likeness (QED) is 0.794. The van der Waals surface area contributed by atoms with Crippen LogP contribution in [-0.4, -0.2) is 24.7 Å². The van der Waals surface area contributed by atoms with Gasteiger partial charge in [-0.15, -0.1) is 0 Å². The van der Waals surface area contributed by atoms with E-state index in [1.807, 2.05) is 0 Å². The molecule has 0 radical (unpaired) electrons. The van der Waals surface area contributed by atoms with Crippen LogP contribution in [0.3, 0.4) is 0 Å². The minimum absolute atomic E-state index is 0.769. The van der Waals surface area contributed by atoms with Gasteiger partial charge in [-0.05, 0) is 57.9 Å². The monoisotopic (exact) mass is 282 g/mol. The Bertz CT molecular complexity index is 213. The average Bonchev–Trinajstić information content (AvgIpc) is 2.40. The van der Waals surface area contributed by atoms with E-state index in [4.69, 9.17) is 0 Å². The van der Waals surface area contributed by atoms with E-state index >= 15 is 0 Å². The van der Waals surface area contributed by atoms with E-state index in [0.717, 1.165) is 24.0 Å². The first-order valence-electron chi connectivity index (χ1n) is 9.11. The highest BCUT2D eigenvalue weighted by Crippen LogP contribution is 2.15. The lowest BCUT2D eigenvalue weighted by Gasteiger charge is -2.28. The molecule has 3 unspecified atom stereocenters. The van der Waals surface area contributed by atoms with Crippen molar-refractivity contribution in [3.63, 3.8) is 0 Å². The van der Waals surface area contributed by atoms with Crippen molar-refractivity contribution in [1.29, 1.82) is 0 Å². The smallest absolute Gasteiger partial charge is 0.00695 e. The van der Waals surface area contributed by atoms with Crippen LogP contribution in [0.4, 0.5) is 0 Å². The SMILES string of the molecule is CC(C)CC1CCCCN1.CCCC1CCCC(C)N1. The van der Waals surface area contributed by atoms with Crippen LogP contribution >= 0.6 is 0 Å². The van der Waals surface area contributed by atoms with E-state index in [0.29, 0.717) is 0 Å². The first kappa shape index (κ1) is 18.0. The van der Waals surface area contributed by atoms with Gasteiger partial charge in [0.25, 0.3) is 0 Å². The summed E-state index contributed by atoms with van der Waals surface area (Å²) in [6.45, 7) is 10.4. The van der Waals surface area contributed by atoms with Crippen LogP contribution in [0.5, 0.6) is 0 Å². The molecule has 20 heavy (non-hydrogen) atoms. The Morgan fingerprint density at radius 1 is 1.00 bits per heavy atom. The molecule has 0 spiro atoms. The lowest BCUT2D eigenvalue weighted by Crippen LogP contribution is -2.40. The summed E-state index contributed by atoms with van der Waals surface area (Å²) in [5.74, 6) is 0.857. The summed E-state index contributed by atoms with van der Waals surface area (Å²) in [6, 6.07) is 2.42. The third kappa shape index (κ3) is 8.26. The summed E-state index contributed by atoms with van der Waals surface area (Å²) in [5, 5.41) is 7.17. The second-order valence-electron chi connectivity index (χ2n) is 7.26. The molecule has 2 aliphatic heterocycles. The summed E-state index contributed by atoms with van der Waals surface area (Å²) >= 11 is 0. The van der Waals surface area contributed by atoms with Gasteiger partial charge in [0.15, 0.2) is 0 Å². The standard InChI is InChI=1S/2C9H19N/c1-8(2)7-9-5-3-4-6-10-9;1-3-5-9-7-4-6-8(2)10-9/h2*8-10H,3-7H2,1-2H3. The van der Waals surface area contributed by atoms with Gasteiger partial charge in [-0.1, -0.05) is 40.0 Å². The van der Waals surface area contributed by atoms with Crippen molar-refractivity contribution in [2.75, 3.05) is 6.54 Å². The Morgan fingerprint density at radius 2 is 1.75 bits per heavy atom. The summed E-state index contributed by atoms with van der Waals surface area (Å²) in [5.41, 5.74) is 0. The van der Waals surface area contributed by atoms with Crippen molar-refractivity contribution >= 4 is 0 Å². The molecule has 0 aromatic rings. The Labute approximate surface area is 127 Å². The lowest BCUT2D eigenvalue weighted by molar-refractivity contribution is 0.320. The van der Waals surface area contributed by atoms with Crippen LogP contribution in [0.1, 0.15) is 85.5 Å². The van der Waals surface area contributed by atoms with Gasteiger partial charge >= 0.3 is 0 Å². The van der Waals surface area contributed by atoms with Crippen LogP contribution in [0.15, 0.2) is 0 Å². The summed E-state index contributed by atoms with van der Waals surface area (Å²) in [6.07, 6.45) is 12.5. The van der Waals surface area contributed by atoms with Crippen molar-refractivity contribution in [2.24, 2.45) is 5.92 Å². The fraction of sp³-hybridized carbons (Fsp3) is 1.00. The molecular formula is C18H38N2. The van der Waals surface area contributed by atoms with Gasteiger partial charge < -0.3 is 10.6 Å². The predicted molar refractivity (Wildman–Crippen MR) is 90.2 cm³/mol. The molecule has 2 aliphatic rings. The Hall–Kier alpha value is -0.0800. The van der Waals surface area contributed by atoms with Crippen molar-refractivity contribution in [1.82, 2.24) is 10.6 Å². The van der Waals surface area contributed by atoms with Crippen molar-refractivity contribution in [3.8, 4) is 0 Å². The van der Waals surface area contributed by atoms with E-state index in [2.05, 4.69) is 38.3 Å². The van der Waals surface area contributed by atoms with Crippen LogP contribution in [0, 0.1) is 5.92 Å². The molecule has 3 atom stereocenters. The summed E-state index contributed by atoms with van der Waals surface area (Å²) in [4.78, 5) is 0. The van der Waals surface area contributed by atoms with E-state index in [1.54, 1.807) is 0 Å². The van der Waals surface area contributed by atoms with Crippen molar-refractivity contribution < 1.29 is 0 Å². The minimum atomic E-state index is 0.769. The van der Waals surface area contributed by atoms with Crippen LogP contribution in [0.2, 0.25) is 0 Å². The van der Waals surface area contributed by atoms with Gasteiger partial charge in [-0.2, -0.15) is 0 Å². The van der Waals surface area contributed by atoms with Gasteiger partial charge in [0.1, 0.15) is 0 Å². The van der Waals surface area contributed by atoms with E-state index in [1.165, 1.54) is 64.3 Å². The highest BCUT2D eigenvalue weighted by atomic mass is 15.0. The molecule has 0 aromatic heterocycles. The number of hydrogen-bond donors (Lipinski definition) is 2. The topological polar surface area (TPSA) is 24.1 Å². The molecular weight excluding hydrogens is 244 g/mol. The second-order valence-corrected chi connectivity index (χ2v) is 7.26. The third-order valence-electron chi connectivity index (χ3n) is 4.52. The maximum Gasteiger partial charge on any atom is 0.00695 e.